The Morgan fingerprint density at radius 1 is 1.50 bits per heavy atom. The van der Waals surface area contributed by atoms with E-state index in [-0.39, 0.29) is 11.9 Å². The molecular formula is C12H14N4O2. The highest BCUT2D eigenvalue weighted by Crippen LogP contribution is 2.22. The highest BCUT2D eigenvalue weighted by atomic mass is 16.5. The van der Waals surface area contributed by atoms with Crippen molar-refractivity contribution in [3.63, 3.8) is 0 Å². The number of esters is 1. The highest BCUT2D eigenvalue weighted by molar-refractivity contribution is 5.72. The quantitative estimate of drug-likeness (QED) is 0.716. The summed E-state index contributed by atoms with van der Waals surface area (Å²) < 4.78 is 4.74. The molecule has 0 amide bonds. The number of hydrogen-bond donors (Lipinski definition) is 0. The summed E-state index contributed by atoms with van der Waals surface area (Å²) in [6.45, 7) is 1.48. The molecule has 0 atom stereocenters. The number of ether oxygens (including phenoxy) is 1. The molecule has 0 spiro atoms. The zero-order valence-corrected chi connectivity index (χ0v) is 10.2. The van der Waals surface area contributed by atoms with Crippen LogP contribution < -0.4 is 4.90 Å². The normalized spacial score (nSPS) is 16.1. The number of aromatic nitrogens is 2. The Morgan fingerprint density at radius 2 is 2.22 bits per heavy atom. The molecule has 0 N–H and O–H groups in total. The number of anilines is 1. The standard InChI is InChI=1S/C12H14N4O2/c1-18-12(17)9-2-4-16(5-3-9)11-6-10(7-13)14-8-15-11/h6,8-9H,2-5H2,1H3. The topological polar surface area (TPSA) is 79.1 Å². The Bertz CT molecular complexity index is 475. The van der Waals surface area contributed by atoms with Gasteiger partial charge in [0.25, 0.3) is 0 Å². The van der Waals surface area contributed by atoms with Gasteiger partial charge in [0.2, 0.25) is 0 Å². The molecule has 94 valence electrons. The van der Waals surface area contributed by atoms with E-state index in [2.05, 4.69) is 14.9 Å². The molecule has 1 aromatic heterocycles. The van der Waals surface area contributed by atoms with E-state index in [1.807, 2.05) is 6.07 Å². The first kappa shape index (κ1) is 12.3. The van der Waals surface area contributed by atoms with Crippen molar-refractivity contribution in [3.05, 3.63) is 18.1 Å². The fourth-order valence-electron chi connectivity index (χ4n) is 2.09. The summed E-state index contributed by atoms with van der Waals surface area (Å²) in [5.41, 5.74) is 0.357. The van der Waals surface area contributed by atoms with Crippen LogP contribution in [-0.2, 0) is 9.53 Å². The summed E-state index contributed by atoms with van der Waals surface area (Å²) in [7, 11) is 1.42. The van der Waals surface area contributed by atoms with Crippen molar-refractivity contribution < 1.29 is 9.53 Å². The van der Waals surface area contributed by atoms with Crippen molar-refractivity contribution in [1.82, 2.24) is 9.97 Å². The minimum absolute atomic E-state index is 0.0245. The van der Waals surface area contributed by atoms with Crippen molar-refractivity contribution in [2.75, 3.05) is 25.1 Å². The molecule has 1 aliphatic heterocycles. The van der Waals surface area contributed by atoms with E-state index >= 15 is 0 Å². The number of carbonyl (C=O) groups excluding carboxylic acids is 1. The number of rotatable bonds is 2. The second-order valence-corrected chi connectivity index (χ2v) is 4.16. The van der Waals surface area contributed by atoms with Crippen LogP contribution >= 0.6 is 0 Å². The molecule has 1 aromatic rings. The maximum absolute atomic E-state index is 11.4. The van der Waals surface area contributed by atoms with Gasteiger partial charge in [-0.2, -0.15) is 5.26 Å². The molecule has 1 fully saturated rings. The van der Waals surface area contributed by atoms with Gasteiger partial charge in [-0.05, 0) is 12.8 Å². The zero-order chi connectivity index (χ0) is 13.0. The molecular weight excluding hydrogens is 232 g/mol. The minimum atomic E-state index is -0.143. The van der Waals surface area contributed by atoms with E-state index in [1.165, 1.54) is 13.4 Å². The third kappa shape index (κ3) is 2.56. The van der Waals surface area contributed by atoms with Gasteiger partial charge in [-0.15, -0.1) is 0 Å². The minimum Gasteiger partial charge on any atom is -0.469 e. The first-order valence-corrected chi connectivity index (χ1v) is 5.79. The van der Waals surface area contributed by atoms with Crippen LogP contribution in [0.5, 0.6) is 0 Å². The SMILES string of the molecule is COC(=O)C1CCN(c2cc(C#N)ncn2)CC1. The first-order chi connectivity index (χ1) is 8.74. The van der Waals surface area contributed by atoms with Crippen LogP contribution in [0.25, 0.3) is 0 Å². The summed E-state index contributed by atoms with van der Waals surface area (Å²) >= 11 is 0. The van der Waals surface area contributed by atoms with E-state index < -0.39 is 0 Å². The second-order valence-electron chi connectivity index (χ2n) is 4.16. The summed E-state index contributed by atoms with van der Waals surface area (Å²) in [4.78, 5) is 21.4. The molecule has 2 rings (SSSR count). The van der Waals surface area contributed by atoms with Gasteiger partial charge >= 0.3 is 5.97 Å². The van der Waals surface area contributed by atoms with Crippen LogP contribution in [0, 0.1) is 17.2 Å². The lowest BCUT2D eigenvalue weighted by Crippen LogP contribution is -2.37. The van der Waals surface area contributed by atoms with Gasteiger partial charge in [0, 0.05) is 19.2 Å². The number of piperidine rings is 1. The van der Waals surface area contributed by atoms with Crippen LogP contribution in [0.15, 0.2) is 12.4 Å². The van der Waals surface area contributed by atoms with E-state index in [4.69, 9.17) is 10.00 Å². The number of carbonyl (C=O) groups is 1. The lowest BCUT2D eigenvalue weighted by atomic mass is 9.97. The van der Waals surface area contributed by atoms with Crippen molar-refractivity contribution in [3.8, 4) is 6.07 Å². The van der Waals surface area contributed by atoms with Crippen LogP contribution in [-0.4, -0.2) is 36.1 Å². The molecule has 6 heteroatoms. The molecule has 0 aromatic carbocycles. The summed E-state index contributed by atoms with van der Waals surface area (Å²) in [5, 5.41) is 8.79. The maximum Gasteiger partial charge on any atom is 0.308 e. The summed E-state index contributed by atoms with van der Waals surface area (Å²) in [6, 6.07) is 3.66. The number of nitrogens with zero attached hydrogens (tertiary/aromatic N) is 4. The monoisotopic (exact) mass is 246 g/mol. The lowest BCUT2D eigenvalue weighted by Gasteiger charge is -2.31. The Kier molecular flexibility index (Phi) is 3.72. The molecule has 18 heavy (non-hydrogen) atoms. The lowest BCUT2D eigenvalue weighted by molar-refractivity contribution is -0.146. The molecule has 0 radical (unpaired) electrons. The molecule has 6 nitrogen and oxygen atoms in total. The van der Waals surface area contributed by atoms with Crippen LogP contribution in [0.2, 0.25) is 0 Å². The first-order valence-electron chi connectivity index (χ1n) is 5.79. The van der Waals surface area contributed by atoms with Crippen LogP contribution in [0.3, 0.4) is 0 Å². The summed E-state index contributed by atoms with van der Waals surface area (Å²) in [5.74, 6) is 0.573. The predicted molar refractivity (Wildman–Crippen MR) is 63.7 cm³/mol. The van der Waals surface area contributed by atoms with Crippen molar-refractivity contribution in [2.45, 2.75) is 12.8 Å². The highest BCUT2D eigenvalue weighted by Gasteiger charge is 2.26. The molecule has 1 saturated heterocycles. The molecule has 0 aliphatic carbocycles. The van der Waals surface area contributed by atoms with Gasteiger partial charge in [0.15, 0.2) is 0 Å². The van der Waals surface area contributed by atoms with Gasteiger partial charge in [-0.25, -0.2) is 9.97 Å². The largest absolute Gasteiger partial charge is 0.469 e. The van der Waals surface area contributed by atoms with Crippen molar-refractivity contribution >= 4 is 11.8 Å². The number of nitriles is 1. The Hall–Kier alpha value is -2.16. The third-order valence-corrected chi connectivity index (χ3v) is 3.12. The van der Waals surface area contributed by atoms with Crippen LogP contribution in [0.1, 0.15) is 18.5 Å². The predicted octanol–water partition coefficient (Wildman–Crippen LogP) is 0.738. The van der Waals surface area contributed by atoms with E-state index in [9.17, 15) is 4.79 Å². The van der Waals surface area contributed by atoms with Gasteiger partial charge in [-0.1, -0.05) is 0 Å². The number of methoxy groups -OCH3 is 1. The average Bonchev–Trinajstić information content (AvgIpc) is 2.46. The maximum atomic E-state index is 11.4. The van der Waals surface area contributed by atoms with Crippen molar-refractivity contribution in [2.24, 2.45) is 5.92 Å². The average molecular weight is 246 g/mol. The molecule has 1 aliphatic rings. The Balaban J connectivity index is 2.01. The third-order valence-electron chi connectivity index (χ3n) is 3.12. The number of hydrogen-bond acceptors (Lipinski definition) is 6. The Labute approximate surface area is 105 Å². The van der Waals surface area contributed by atoms with E-state index in [0.29, 0.717) is 5.69 Å². The molecule has 0 unspecified atom stereocenters. The van der Waals surface area contributed by atoms with Gasteiger partial charge < -0.3 is 9.64 Å². The molecule has 2 heterocycles. The van der Waals surface area contributed by atoms with Crippen LogP contribution in [0.4, 0.5) is 5.82 Å². The Morgan fingerprint density at radius 3 is 2.83 bits per heavy atom. The zero-order valence-electron chi connectivity index (χ0n) is 10.2. The van der Waals surface area contributed by atoms with E-state index in [1.54, 1.807) is 6.07 Å². The molecule has 0 bridgehead atoms. The molecule has 0 saturated carbocycles. The fourth-order valence-corrected chi connectivity index (χ4v) is 2.09. The summed E-state index contributed by atoms with van der Waals surface area (Å²) in [6.07, 6.45) is 2.89. The second kappa shape index (κ2) is 5.45. The van der Waals surface area contributed by atoms with Gasteiger partial charge in [-0.3, -0.25) is 4.79 Å². The van der Waals surface area contributed by atoms with Gasteiger partial charge in [0.1, 0.15) is 23.9 Å². The van der Waals surface area contributed by atoms with E-state index in [0.717, 1.165) is 31.7 Å². The van der Waals surface area contributed by atoms with Crippen molar-refractivity contribution in [1.29, 1.82) is 5.26 Å². The fraction of sp³-hybridized carbons (Fsp3) is 0.500. The van der Waals surface area contributed by atoms with Gasteiger partial charge in [0.05, 0.1) is 13.0 Å². The smallest absolute Gasteiger partial charge is 0.308 e.